The van der Waals surface area contributed by atoms with Crippen molar-refractivity contribution in [3.05, 3.63) is 41.6 Å². The van der Waals surface area contributed by atoms with E-state index in [2.05, 4.69) is 10.3 Å². The first kappa shape index (κ1) is 8.97. The first-order valence-electron chi connectivity index (χ1n) is 4.41. The fraction of sp³-hybridized carbons (Fsp3) is 0.182. The van der Waals surface area contributed by atoms with Crippen LogP contribution < -0.4 is 5.32 Å². The highest BCUT2D eigenvalue weighted by molar-refractivity contribution is 5.78. The standard InChI is InChI=1S/C11H11N2O/c1-14-7-9-2-4-10(5-3-9)11-6-12-8-13-11/h2-6,8H,7H2,1H3. The monoisotopic (exact) mass is 187 g/mol. The molecule has 2 rings (SSSR count). The van der Waals surface area contributed by atoms with Crippen molar-refractivity contribution in [2.45, 2.75) is 6.61 Å². The predicted molar refractivity (Wildman–Crippen MR) is 55.8 cm³/mol. The molecule has 0 fully saturated rings. The van der Waals surface area contributed by atoms with Gasteiger partial charge in [-0.05, 0) is 5.56 Å². The van der Waals surface area contributed by atoms with Gasteiger partial charge in [0.1, 0.15) is 6.34 Å². The average Bonchev–Trinajstić information content (AvgIpc) is 2.72. The van der Waals surface area contributed by atoms with Crippen LogP contribution >= 0.6 is 0 Å². The highest BCUT2D eigenvalue weighted by Gasteiger charge is 2.03. The van der Waals surface area contributed by atoms with Crippen LogP contribution in [0.2, 0.25) is 0 Å². The van der Waals surface area contributed by atoms with Crippen LogP contribution in [0.15, 0.2) is 35.5 Å². The van der Waals surface area contributed by atoms with E-state index in [1.54, 1.807) is 19.6 Å². The third-order valence-electron chi connectivity index (χ3n) is 2.02. The summed E-state index contributed by atoms with van der Waals surface area (Å²) < 4.78 is 5.03. The Morgan fingerprint density at radius 1 is 1.21 bits per heavy atom. The number of rotatable bonds is 3. The Morgan fingerprint density at radius 3 is 2.57 bits per heavy atom. The number of ether oxygens (including phenoxy) is 1. The fourth-order valence-electron chi connectivity index (χ4n) is 1.32. The van der Waals surface area contributed by atoms with Crippen LogP contribution in [0, 0.1) is 0 Å². The van der Waals surface area contributed by atoms with Gasteiger partial charge in [-0.25, -0.2) is 10.3 Å². The maximum atomic E-state index is 5.03. The maximum Gasteiger partial charge on any atom is 0.116 e. The summed E-state index contributed by atoms with van der Waals surface area (Å²) in [4.78, 5) is 4.12. The zero-order valence-electron chi connectivity index (χ0n) is 7.97. The van der Waals surface area contributed by atoms with Crippen molar-refractivity contribution in [3.63, 3.8) is 0 Å². The van der Waals surface area contributed by atoms with Crippen LogP contribution in [0.1, 0.15) is 11.1 Å². The minimum Gasteiger partial charge on any atom is -0.380 e. The summed E-state index contributed by atoms with van der Waals surface area (Å²) in [5.74, 6) is 0. The third kappa shape index (κ3) is 1.83. The SMILES string of the molecule is COCc1ccc(C2=C[N]C=N2)cc1. The Bertz CT molecular complexity index is 365. The van der Waals surface area contributed by atoms with E-state index in [0.717, 1.165) is 16.8 Å². The Balaban J connectivity index is 2.17. The molecule has 1 aromatic carbocycles. The largest absolute Gasteiger partial charge is 0.380 e. The van der Waals surface area contributed by atoms with Gasteiger partial charge in [0, 0.05) is 12.7 Å². The molecule has 3 heteroatoms. The molecule has 1 heterocycles. The molecule has 1 radical (unpaired) electrons. The summed E-state index contributed by atoms with van der Waals surface area (Å²) in [6.45, 7) is 0.646. The number of hydrogen-bond donors (Lipinski definition) is 0. The van der Waals surface area contributed by atoms with Crippen LogP contribution in [-0.2, 0) is 11.3 Å². The Hall–Kier alpha value is -1.61. The third-order valence-corrected chi connectivity index (χ3v) is 2.02. The number of benzene rings is 1. The highest BCUT2D eigenvalue weighted by Crippen LogP contribution is 2.17. The molecule has 0 unspecified atom stereocenters. The van der Waals surface area contributed by atoms with Crippen molar-refractivity contribution >= 4 is 12.0 Å². The number of methoxy groups -OCH3 is 1. The van der Waals surface area contributed by atoms with Crippen LogP contribution in [0.3, 0.4) is 0 Å². The average molecular weight is 187 g/mol. The Morgan fingerprint density at radius 2 is 2.00 bits per heavy atom. The van der Waals surface area contributed by atoms with Crippen LogP contribution in [0.5, 0.6) is 0 Å². The molecule has 0 bridgehead atoms. The van der Waals surface area contributed by atoms with Gasteiger partial charge < -0.3 is 4.74 Å². The van der Waals surface area contributed by atoms with Crippen molar-refractivity contribution in [3.8, 4) is 0 Å². The molecule has 0 amide bonds. The number of aliphatic imine (C=N–C) groups is 1. The second-order valence-corrected chi connectivity index (χ2v) is 3.04. The summed E-state index contributed by atoms with van der Waals surface area (Å²) in [5, 5.41) is 3.92. The fourth-order valence-corrected chi connectivity index (χ4v) is 1.32. The van der Waals surface area contributed by atoms with E-state index in [4.69, 9.17) is 4.74 Å². The molecule has 0 N–H and O–H groups in total. The van der Waals surface area contributed by atoms with Gasteiger partial charge in [-0.3, -0.25) is 0 Å². The highest BCUT2D eigenvalue weighted by atomic mass is 16.5. The van der Waals surface area contributed by atoms with Crippen molar-refractivity contribution in [2.75, 3.05) is 7.11 Å². The van der Waals surface area contributed by atoms with Gasteiger partial charge in [0.15, 0.2) is 0 Å². The summed E-state index contributed by atoms with van der Waals surface area (Å²) in [7, 11) is 1.69. The zero-order chi connectivity index (χ0) is 9.80. The molecule has 14 heavy (non-hydrogen) atoms. The molecule has 0 spiro atoms. The van der Waals surface area contributed by atoms with Gasteiger partial charge in [-0.2, -0.15) is 0 Å². The van der Waals surface area contributed by atoms with Gasteiger partial charge >= 0.3 is 0 Å². The molecule has 1 aliphatic rings. The lowest BCUT2D eigenvalue weighted by Gasteiger charge is -2.01. The lowest BCUT2D eigenvalue weighted by molar-refractivity contribution is 0.185. The van der Waals surface area contributed by atoms with E-state index in [1.165, 1.54) is 0 Å². The molecule has 0 aromatic heterocycles. The van der Waals surface area contributed by atoms with Crippen molar-refractivity contribution in [1.29, 1.82) is 0 Å². The normalized spacial score (nSPS) is 13.9. The molecule has 3 nitrogen and oxygen atoms in total. The van der Waals surface area contributed by atoms with Crippen molar-refractivity contribution in [1.82, 2.24) is 5.32 Å². The molecular weight excluding hydrogens is 176 g/mol. The predicted octanol–water partition coefficient (Wildman–Crippen LogP) is 1.78. The summed E-state index contributed by atoms with van der Waals surface area (Å²) in [6, 6.07) is 8.12. The van der Waals surface area contributed by atoms with Gasteiger partial charge in [0.25, 0.3) is 0 Å². The zero-order valence-corrected chi connectivity index (χ0v) is 7.97. The second kappa shape index (κ2) is 4.07. The summed E-state index contributed by atoms with van der Waals surface area (Å²) in [5.41, 5.74) is 3.16. The van der Waals surface area contributed by atoms with Crippen LogP contribution in [0.25, 0.3) is 5.70 Å². The molecular formula is C11H11N2O. The lowest BCUT2D eigenvalue weighted by atomic mass is 10.1. The first-order valence-corrected chi connectivity index (χ1v) is 4.41. The molecule has 71 valence electrons. The molecule has 1 aromatic rings. The van der Waals surface area contributed by atoms with Crippen molar-refractivity contribution in [2.24, 2.45) is 4.99 Å². The first-order chi connectivity index (χ1) is 6.90. The van der Waals surface area contributed by atoms with E-state index in [9.17, 15) is 0 Å². The van der Waals surface area contributed by atoms with Crippen LogP contribution in [0.4, 0.5) is 0 Å². The Kier molecular flexibility index (Phi) is 2.60. The van der Waals surface area contributed by atoms with E-state index < -0.39 is 0 Å². The summed E-state index contributed by atoms with van der Waals surface area (Å²) >= 11 is 0. The lowest BCUT2D eigenvalue weighted by Crippen LogP contribution is -1.87. The molecule has 0 saturated carbocycles. The van der Waals surface area contributed by atoms with E-state index in [1.807, 2.05) is 24.3 Å². The number of hydrogen-bond acceptors (Lipinski definition) is 2. The molecule has 0 atom stereocenters. The van der Waals surface area contributed by atoms with Gasteiger partial charge in [0.2, 0.25) is 0 Å². The quantitative estimate of drug-likeness (QED) is 0.710. The maximum absolute atomic E-state index is 5.03. The molecule has 0 saturated heterocycles. The Labute approximate surface area is 83.1 Å². The molecule has 1 aliphatic heterocycles. The van der Waals surface area contributed by atoms with Gasteiger partial charge in [0.05, 0.1) is 18.5 Å². The van der Waals surface area contributed by atoms with E-state index in [0.29, 0.717) is 6.61 Å². The smallest absolute Gasteiger partial charge is 0.116 e. The summed E-state index contributed by atoms with van der Waals surface area (Å²) in [6.07, 6.45) is 3.31. The van der Waals surface area contributed by atoms with E-state index in [-0.39, 0.29) is 0 Å². The minimum atomic E-state index is 0.646. The van der Waals surface area contributed by atoms with Crippen LogP contribution in [-0.4, -0.2) is 13.4 Å². The second-order valence-electron chi connectivity index (χ2n) is 3.04. The number of nitrogens with zero attached hydrogens (tertiary/aromatic N) is 2. The minimum absolute atomic E-state index is 0.646. The van der Waals surface area contributed by atoms with Gasteiger partial charge in [-0.1, -0.05) is 24.3 Å². The van der Waals surface area contributed by atoms with Gasteiger partial charge in [-0.15, -0.1) is 0 Å². The van der Waals surface area contributed by atoms with Crippen molar-refractivity contribution < 1.29 is 4.74 Å². The molecule has 0 aliphatic carbocycles. The topological polar surface area (TPSA) is 35.7 Å². The van der Waals surface area contributed by atoms with E-state index >= 15 is 0 Å².